The van der Waals surface area contributed by atoms with E-state index in [9.17, 15) is 18.4 Å². The quantitative estimate of drug-likeness (QED) is 0.633. The van der Waals surface area contributed by atoms with Crippen molar-refractivity contribution in [3.63, 3.8) is 0 Å². The third kappa shape index (κ3) is 2.63. The highest BCUT2D eigenvalue weighted by molar-refractivity contribution is 9.10. The minimum atomic E-state index is -3.06. The molecule has 0 atom stereocenters. The van der Waals surface area contributed by atoms with E-state index in [1.165, 1.54) is 19.1 Å². The number of hydrogen-bond donors (Lipinski definition) is 0. The van der Waals surface area contributed by atoms with Gasteiger partial charge in [0.15, 0.2) is 17.8 Å². The minimum absolute atomic E-state index is 0.00206. The van der Waals surface area contributed by atoms with E-state index in [2.05, 4.69) is 20.7 Å². The molecule has 0 amide bonds. The Balaban J connectivity index is 3.36. The van der Waals surface area contributed by atoms with Crippen molar-refractivity contribution in [2.45, 2.75) is 13.5 Å². The van der Waals surface area contributed by atoms with Crippen LogP contribution >= 0.6 is 15.9 Å². The summed E-state index contributed by atoms with van der Waals surface area (Å²) >= 11 is 2.95. The zero-order chi connectivity index (χ0) is 12.3. The summed E-state index contributed by atoms with van der Waals surface area (Å²) in [5.41, 5.74) is 0.137. The van der Waals surface area contributed by atoms with Crippen LogP contribution in [0.5, 0.6) is 5.75 Å². The maximum absolute atomic E-state index is 12.1. The Morgan fingerprint density at radius 1 is 1.50 bits per heavy atom. The average Bonchev–Trinajstić information content (AvgIpc) is 2.19. The van der Waals surface area contributed by atoms with Crippen LogP contribution in [-0.2, 0) is 0 Å². The van der Waals surface area contributed by atoms with Crippen molar-refractivity contribution in [1.29, 1.82) is 0 Å². The number of ketones is 1. The number of rotatable bonds is 4. The fraction of sp³-hybridized carbons (Fsp3) is 0.200. The van der Waals surface area contributed by atoms with Crippen LogP contribution in [0.1, 0.15) is 27.6 Å². The average molecular weight is 293 g/mol. The van der Waals surface area contributed by atoms with Gasteiger partial charge in [-0.3, -0.25) is 9.59 Å². The third-order valence-corrected chi connectivity index (χ3v) is 2.66. The van der Waals surface area contributed by atoms with Gasteiger partial charge < -0.3 is 4.74 Å². The van der Waals surface area contributed by atoms with Gasteiger partial charge in [0.05, 0.1) is 10.0 Å². The van der Waals surface area contributed by atoms with Gasteiger partial charge in [-0.05, 0) is 35.0 Å². The maximum atomic E-state index is 12.1. The first kappa shape index (κ1) is 12.8. The van der Waals surface area contributed by atoms with Gasteiger partial charge in [-0.1, -0.05) is 0 Å². The molecule has 0 N–H and O–H groups in total. The molecule has 0 bridgehead atoms. The van der Waals surface area contributed by atoms with Gasteiger partial charge in [0.1, 0.15) is 0 Å². The summed E-state index contributed by atoms with van der Waals surface area (Å²) in [6, 6.07) is 2.63. The molecule has 0 radical (unpaired) electrons. The number of hydrogen-bond acceptors (Lipinski definition) is 3. The predicted octanol–water partition coefficient (Wildman–Crippen LogP) is 3.07. The first-order valence-corrected chi connectivity index (χ1v) is 5.00. The zero-order valence-corrected chi connectivity index (χ0v) is 9.75. The van der Waals surface area contributed by atoms with Crippen molar-refractivity contribution in [2.24, 2.45) is 0 Å². The number of aldehydes is 1. The van der Waals surface area contributed by atoms with Crippen LogP contribution in [0.15, 0.2) is 16.6 Å². The van der Waals surface area contributed by atoms with E-state index >= 15 is 0 Å². The monoisotopic (exact) mass is 292 g/mol. The van der Waals surface area contributed by atoms with E-state index in [-0.39, 0.29) is 21.3 Å². The standard InChI is InChI=1S/C10H7BrF2O3/c1-5(15)7-3-2-6(4-14)8(11)9(7)16-10(12)13/h2-4,10H,1H3. The van der Waals surface area contributed by atoms with Crippen molar-refractivity contribution in [1.82, 2.24) is 0 Å². The van der Waals surface area contributed by atoms with E-state index in [0.29, 0.717) is 6.29 Å². The highest BCUT2D eigenvalue weighted by Gasteiger charge is 2.18. The molecule has 1 rings (SSSR count). The molecule has 0 saturated carbocycles. The SMILES string of the molecule is CC(=O)c1ccc(C=O)c(Br)c1OC(F)F. The van der Waals surface area contributed by atoms with E-state index in [4.69, 9.17) is 0 Å². The molecule has 0 unspecified atom stereocenters. The van der Waals surface area contributed by atoms with Gasteiger partial charge in [-0.2, -0.15) is 8.78 Å². The van der Waals surface area contributed by atoms with Crippen molar-refractivity contribution < 1.29 is 23.1 Å². The molecule has 0 saturated heterocycles. The van der Waals surface area contributed by atoms with Crippen molar-refractivity contribution in [2.75, 3.05) is 0 Å². The Morgan fingerprint density at radius 3 is 2.56 bits per heavy atom. The van der Waals surface area contributed by atoms with Gasteiger partial charge in [0.2, 0.25) is 0 Å². The van der Waals surface area contributed by atoms with E-state index < -0.39 is 12.4 Å². The second-order valence-electron chi connectivity index (χ2n) is 2.90. The van der Waals surface area contributed by atoms with Crippen molar-refractivity contribution in [3.8, 4) is 5.75 Å². The van der Waals surface area contributed by atoms with Crippen LogP contribution in [0.25, 0.3) is 0 Å². The lowest BCUT2D eigenvalue weighted by molar-refractivity contribution is -0.0506. The third-order valence-electron chi connectivity index (χ3n) is 1.84. The van der Waals surface area contributed by atoms with Gasteiger partial charge in [-0.25, -0.2) is 0 Å². The number of benzene rings is 1. The summed E-state index contributed by atoms with van der Waals surface area (Å²) in [5, 5.41) is 0. The van der Waals surface area contributed by atoms with Gasteiger partial charge in [-0.15, -0.1) is 0 Å². The number of Topliss-reactive ketones (excluding diaryl/α,β-unsaturated/α-hetero) is 1. The molecular formula is C10H7BrF2O3. The summed E-state index contributed by atoms with van der Waals surface area (Å²) < 4.78 is 28.5. The largest absolute Gasteiger partial charge is 0.433 e. The van der Waals surface area contributed by atoms with Crippen molar-refractivity contribution >= 4 is 28.0 Å². The van der Waals surface area contributed by atoms with E-state index in [0.717, 1.165) is 0 Å². The number of ether oxygens (including phenoxy) is 1. The van der Waals surface area contributed by atoms with Crippen LogP contribution in [0.2, 0.25) is 0 Å². The van der Waals surface area contributed by atoms with Crippen LogP contribution in [-0.4, -0.2) is 18.7 Å². The molecule has 0 aliphatic rings. The number of carbonyl (C=O) groups is 2. The predicted molar refractivity (Wildman–Crippen MR) is 56.2 cm³/mol. The fourth-order valence-electron chi connectivity index (χ4n) is 1.14. The Bertz CT molecular complexity index is 432. The molecule has 3 nitrogen and oxygen atoms in total. The molecular weight excluding hydrogens is 286 g/mol. The Morgan fingerprint density at radius 2 is 2.12 bits per heavy atom. The summed E-state index contributed by atoms with van der Waals surface area (Å²) in [4.78, 5) is 21.8. The number of halogens is 3. The second-order valence-corrected chi connectivity index (χ2v) is 3.69. The molecule has 0 aromatic heterocycles. The summed E-state index contributed by atoms with van der Waals surface area (Å²) in [5.74, 6) is -0.735. The van der Waals surface area contributed by atoms with Gasteiger partial charge in [0.25, 0.3) is 0 Å². The molecule has 1 aromatic carbocycles. The minimum Gasteiger partial charge on any atom is -0.433 e. The smallest absolute Gasteiger partial charge is 0.387 e. The highest BCUT2D eigenvalue weighted by Crippen LogP contribution is 2.33. The summed E-state index contributed by atoms with van der Waals surface area (Å²) in [6.07, 6.45) is 0.479. The van der Waals surface area contributed by atoms with Crippen LogP contribution in [0.4, 0.5) is 8.78 Å². The molecule has 0 aliphatic carbocycles. The normalized spacial score (nSPS) is 10.3. The van der Waals surface area contributed by atoms with Gasteiger partial charge in [0, 0.05) is 5.56 Å². The lowest BCUT2D eigenvalue weighted by Crippen LogP contribution is -2.08. The first-order valence-electron chi connectivity index (χ1n) is 4.20. The lowest BCUT2D eigenvalue weighted by atomic mass is 10.1. The fourth-order valence-corrected chi connectivity index (χ4v) is 1.68. The van der Waals surface area contributed by atoms with E-state index in [1.807, 2.05) is 0 Å². The second kappa shape index (κ2) is 5.16. The molecule has 86 valence electrons. The Labute approximate surface area is 98.5 Å². The molecule has 16 heavy (non-hydrogen) atoms. The number of carbonyl (C=O) groups excluding carboxylic acids is 2. The van der Waals surface area contributed by atoms with Gasteiger partial charge >= 0.3 is 6.61 Å². The van der Waals surface area contributed by atoms with Crippen LogP contribution < -0.4 is 4.74 Å². The first-order chi connectivity index (χ1) is 7.47. The van der Waals surface area contributed by atoms with Crippen LogP contribution in [0, 0.1) is 0 Å². The topological polar surface area (TPSA) is 43.4 Å². The summed E-state index contributed by atoms with van der Waals surface area (Å²) in [6.45, 7) is -1.84. The Hall–Kier alpha value is -1.30. The maximum Gasteiger partial charge on any atom is 0.387 e. The molecule has 0 spiro atoms. The highest BCUT2D eigenvalue weighted by atomic mass is 79.9. The molecule has 0 aliphatic heterocycles. The molecule has 6 heteroatoms. The molecule has 1 aromatic rings. The molecule has 0 fully saturated rings. The Kier molecular flexibility index (Phi) is 4.12. The molecule has 0 heterocycles. The summed E-state index contributed by atoms with van der Waals surface area (Å²) in [7, 11) is 0. The zero-order valence-electron chi connectivity index (χ0n) is 8.17. The van der Waals surface area contributed by atoms with Crippen molar-refractivity contribution in [3.05, 3.63) is 27.7 Å². The van der Waals surface area contributed by atoms with Crippen LogP contribution in [0.3, 0.4) is 0 Å². The number of alkyl halides is 2. The lowest BCUT2D eigenvalue weighted by Gasteiger charge is -2.11. The van der Waals surface area contributed by atoms with E-state index in [1.54, 1.807) is 0 Å².